The molecule has 0 saturated carbocycles. The lowest BCUT2D eigenvalue weighted by Crippen LogP contribution is -2.30. The molecule has 0 aliphatic heterocycles. The van der Waals surface area contributed by atoms with E-state index in [4.69, 9.17) is 14.2 Å². The van der Waals surface area contributed by atoms with Crippen molar-refractivity contribution in [2.24, 2.45) is 0 Å². The topological polar surface area (TPSA) is 78.9 Å². The van der Waals surface area contributed by atoms with E-state index in [1.54, 1.807) is 0 Å². The van der Waals surface area contributed by atoms with Crippen LogP contribution in [0.5, 0.6) is 0 Å². The zero-order chi connectivity index (χ0) is 41.5. The van der Waals surface area contributed by atoms with Crippen molar-refractivity contribution in [3.63, 3.8) is 0 Å². The monoisotopic (exact) mass is 795 g/mol. The Morgan fingerprint density at radius 2 is 0.684 bits per heavy atom. The first-order chi connectivity index (χ1) is 28.0. The fourth-order valence-corrected chi connectivity index (χ4v) is 6.36. The standard InChI is InChI=1S/C51H86O6/c1-4-7-10-13-16-19-22-23-24-25-26-27-30-32-35-38-41-44-50(53)56-47-48(57-51(54)45-42-39-36-33-29-21-18-15-12-9-6-3)46-55-49(52)43-40-37-34-31-28-20-17-14-11-8-5-2/h7,10,13,16,19,22-27,30,48H,4-6,8-9,11-12,14-15,17-18,20-21,28-29,31-47H2,1-3H3/b10-7-,16-13-,22-19-,24-23-,26-25+,30-27-. The van der Waals surface area contributed by atoms with Crippen LogP contribution in [0.4, 0.5) is 0 Å². The van der Waals surface area contributed by atoms with E-state index in [-0.39, 0.29) is 31.1 Å². The fraction of sp³-hybridized carbons (Fsp3) is 0.706. The van der Waals surface area contributed by atoms with E-state index in [1.807, 2.05) is 60.8 Å². The number of carbonyl (C=O) groups is 3. The van der Waals surface area contributed by atoms with Gasteiger partial charge in [0.15, 0.2) is 6.10 Å². The number of hydrogen-bond acceptors (Lipinski definition) is 6. The van der Waals surface area contributed by atoms with Crippen molar-refractivity contribution in [3.05, 3.63) is 72.9 Å². The Kier molecular flexibility index (Phi) is 43.0. The van der Waals surface area contributed by atoms with Gasteiger partial charge in [0.2, 0.25) is 0 Å². The predicted molar refractivity (Wildman–Crippen MR) is 242 cm³/mol. The average molecular weight is 795 g/mol. The molecular weight excluding hydrogens is 709 g/mol. The van der Waals surface area contributed by atoms with Crippen LogP contribution in [0.3, 0.4) is 0 Å². The minimum atomic E-state index is -0.788. The Balaban J connectivity index is 4.46. The summed E-state index contributed by atoms with van der Waals surface area (Å²) in [7, 11) is 0. The van der Waals surface area contributed by atoms with Crippen molar-refractivity contribution in [1.29, 1.82) is 0 Å². The SMILES string of the molecule is CC\C=C/C=C\C=C/C=C\C=C\C=C/CCCCCC(=O)OCC(COC(=O)CCCCCCCCCCCCC)OC(=O)CCCCCCCCCCCCC. The molecule has 0 heterocycles. The second kappa shape index (κ2) is 45.6. The molecule has 0 rings (SSSR count). The van der Waals surface area contributed by atoms with Crippen LogP contribution in [-0.4, -0.2) is 37.2 Å². The molecule has 0 aromatic heterocycles. The normalized spacial score (nSPS) is 12.7. The molecule has 0 bridgehead atoms. The molecule has 0 aliphatic carbocycles. The summed E-state index contributed by atoms with van der Waals surface area (Å²) in [6.07, 6.45) is 55.9. The first-order valence-electron chi connectivity index (χ1n) is 23.5. The molecule has 6 nitrogen and oxygen atoms in total. The molecule has 6 heteroatoms. The second-order valence-electron chi connectivity index (χ2n) is 15.5. The van der Waals surface area contributed by atoms with Gasteiger partial charge in [0, 0.05) is 19.3 Å². The zero-order valence-corrected chi connectivity index (χ0v) is 37.1. The van der Waals surface area contributed by atoms with Crippen molar-refractivity contribution < 1.29 is 28.6 Å². The highest BCUT2D eigenvalue weighted by atomic mass is 16.6. The molecule has 0 spiro atoms. The van der Waals surface area contributed by atoms with Gasteiger partial charge in [-0.1, -0.05) is 229 Å². The molecule has 1 atom stereocenters. The van der Waals surface area contributed by atoms with E-state index in [1.165, 1.54) is 103 Å². The lowest BCUT2D eigenvalue weighted by Gasteiger charge is -2.18. The Morgan fingerprint density at radius 1 is 0.368 bits per heavy atom. The number of allylic oxidation sites excluding steroid dienone is 12. The molecule has 0 N–H and O–H groups in total. The molecule has 0 saturated heterocycles. The summed E-state index contributed by atoms with van der Waals surface area (Å²) in [4.78, 5) is 37.8. The van der Waals surface area contributed by atoms with E-state index < -0.39 is 6.10 Å². The summed E-state index contributed by atoms with van der Waals surface area (Å²) in [5, 5.41) is 0. The number of carbonyl (C=O) groups excluding carboxylic acids is 3. The van der Waals surface area contributed by atoms with Gasteiger partial charge in [-0.05, 0) is 38.5 Å². The number of esters is 3. The number of hydrogen-bond donors (Lipinski definition) is 0. The lowest BCUT2D eigenvalue weighted by atomic mass is 10.1. The Hall–Kier alpha value is -3.15. The third kappa shape index (κ3) is 43.8. The van der Waals surface area contributed by atoms with Crippen molar-refractivity contribution in [2.45, 2.75) is 219 Å². The third-order valence-corrected chi connectivity index (χ3v) is 9.89. The van der Waals surface area contributed by atoms with Gasteiger partial charge in [0.25, 0.3) is 0 Å². The predicted octanol–water partition coefficient (Wildman–Crippen LogP) is 15.1. The molecule has 1 unspecified atom stereocenters. The third-order valence-electron chi connectivity index (χ3n) is 9.89. The fourth-order valence-electron chi connectivity index (χ4n) is 6.36. The first kappa shape index (κ1) is 53.9. The maximum atomic E-state index is 12.7. The molecule has 0 aliphatic rings. The van der Waals surface area contributed by atoms with Gasteiger partial charge >= 0.3 is 17.9 Å². The van der Waals surface area contributed by atoms with Crippen molar-refractivity contribution >= 4 is 17.9 Å². The van der Waals surface area contributed by atoms with E-state index in [0.29, 0.717) is 19.3 Å². The highest BCUT2D eigenvalue weighted by molar-refractivity contribution is 5.71. The summed E-state index contributed by atoms with van der Waals surface area (Å²) in [6, 6.07) is 0. The van der Waals surface area contributed by atoms with Crippen LogP contribution in [0.25, 0.3) is 0 Å². The minimum absolute atomic E-state index is 0.0876. The van der Waals surface area contributed by atoms with E-state index in [9.17, 15) is 14.4 Å². The average Bonchev–Trinajstić information content (AvgIpc) is 3.21. The lowest BCUT2D eigenvalue weighted by molar-refractivity contribution is -0.167. The van der Waals surface area contributed by atoms with E-state index in [0.717, 1.165) is 70.6 Å². The maximum Gasteiger partial charge on any atom is 0.306 e. The molecule has 57 heavy (non-hydrogen) atoms. The smallest absolute Gasteiger partial charge is 0.306 e. The Morgan fingerprint density at radius 3 is 1.07 bits per heavy atom. The molecule has 326 valence electrons. The first-order valence-corrected chi connectivity index (χ1v) is 23.5. The van der Waals surface area contributed by atoms with Crippen molar-refractivity contribution in [3.8, 4) is 0 Å². The van der Waals surface area contributed by atoms with Crippen molar-refractivity contribution in [2.75, 3.05) is 13.2 Å². The molecular formula is C51H86O6. The van der Waals surface area contributed by atoms with Gasteiger partial charge in [-0.25, -0.2) is 0 Å². The number of ether oxygens (including phenoxy) is 3. The summed E-state index contributed by atoms with van der Waals surface area (Å²) in [5.41, 5.74) is 0. The largest absolute Gasteiger partial charge is 0.462 e. The van der Waals surface area contributed by atoms with Crippen LogP contribution >= 0.6 is 0 Å². The second-order valence-corrected chi connectivity index (χ2v) is 15.5. The molecule has 0 aromatic carbocycles. The van der Waals surface area contributed by atoms with Gasteiger partial charge in [0.05, 0.1) is 0 Å². The van der Waals surface area contributed by atoms with Gasteiger partial charge in [0.1, 0.15) is 13.2 Å². The van der Waals surface area contributed by atoms with Gasteiger partial charge < -0.3 is 14.2 Å². The van der Waals surface area contributed by atoms with Crippen LogP contribution in [0.2, 0.25) is 0 Å². The maximum absolute atomic E-state index is 12.7. The summed E-state index contributed by atoms with van der Waals surface area (Å²) < 4.78 is 16.7. The molecule has 0 radical (unpaired) electrons. The van der Waals surface area contributed by atoms with Crippen molar-refractivity contribution in [1.82, 2.24) is 0 Å². The van der Waals surface area contributed by atoms with Crippen LogP contribution in [0, 0.1) is 0 Å². The molecule has 0 fully saturated rings. The number of unbranched alkanes of at least 4 members (excludes halogenated alkanes) is 23. The summed E-state index contributed by atoms with van der Waals surface area (Å²) in [6.45, 7) is 6.43. The van der Waals surface area contributed by atoms with Crippen LogP contribution < -0.4 is 0 Å². The molecule has 0 amide bonds. The zero-order valence-electron chi connectivity index (χ0n) is 37.1. The van der Waals surface area contributed by atoms with Crippen LogP contribution in [0.1, 0.15) is 213 Å². The van der Waals surface area contributed by atoms with Gasteiger partial charge in [-0.15, -0.1) is 0 Å². The van der Waals surface area contributed by atoms with E-state index in [2.05, 4.69) is 32.9 Å². The Labute approximate surface area is 351 Å². The van der Waals surface area contributed by atoms with Gasteiger partial charge in [-0.2, -0.15) is 0 Å². The van der Waals surface area contributed by atoms with E-state index >= 15 is 0 Å². The highest BCUT2D eigenvalue weighted by Crippen LogP contribution is 2.14. The summed E-state index contributed by atoms with van der Waals surface area (Å²) in [5.74, 6) is -0.936. The highest BCUT2D eigenvalue weighted by Gasteiger charge is 2.19. The molecule has 0 aromatic rings. The Bertz CT molecular complexity index is 1100. The van der Waals surface area contributed by atoms with Crippen LogP contribution in [-0.2, 0) is 28.6 Å². The van der Waals surface area contributed by atoms with Crippen LogP contribution in [0.15, 0.2) is 72.9 Å². The number of rotatable bonds is 41. The quantitative estimate of drug-likeness (QED) is 0.0265. The summed E-state index contributed by atoms with van der Waals surface area (Å²) >= 11 is 0. The van der Waals surface area contributed by atoms with Gasteiger partial charge in [-0.3, -0.25) is 14.4 Å². The minimum Gasteiger partial charge on any atom is -0.462 e.